The molecule has 122 valence electrons. The number of benzene rings is 1. The summed E-state index contributed by atoms with van der Waals surface area (Å²) in [4.78, 5) is 26.3. The highest BCUT2D eigenvalue weighted by molar-refractivity contribution is 5.99. The minimum atomic E-state index is -0.212. The highest BCUT2D eigenvalue weighted by atomic mass is 16.2. The van der Waals surface area contributed by atoms with Crippen LogP contribution in [0.3, 0.4) is 0 Å². The molecule has 0 bridgehead atoms. The maximum Gasteiger partial charge on any atom is 0.268 e. The molecular formula is C19H24N2O2. The Labute approximate surface area is 137 Å². The average Bonchev–Trinajstić information content (AvgIpc) is 2.97. The molecule has 2 N–H and O–H groups in total. The lowest BCUT2D eigenvalue weighted by Gasteiger charge is -2.14. The Bertz CT molecular complexity index is 684. The fraction of sp³-hybridized carbons (Fsp3) is 0.368. The molecule has 2 rings (SSSR count). The molecule has 23 heavy (non-hydrogen) atoms. The molecular weight excluding hydrogens is 288 g/mol. The van der Waals surface area contributed by atoms with Gasteiger partial charge in [-0.25, -0.2) is 0 Å². The molecule has 1 heterocycles. The van der Waals surface area contributed by atoms with Crippen molar-refractivity contribution >= 4 is 11.7 Å². The maximum absolute atomic E-state index is 12.2. The number of aromatic nitrogens is 1. The Morgan fingerprint density at radius 1 is 1.13 bits per heavy atom. The van der Waals surface area contributed by atoms with Crippen LogP contribution >= 0.6 is 0 Å². The summed E-state index contributed by atoms with van der Waals surface area (Å²) in [7, 11) is 0. The number of ketones is 1. The van der Waals surface area contributed by atoms with E-state index >= 15 is 0 Å². The van der Waals surface area contributed by atoms with Crippen LogP contribution in [0.1, 0.15) is 65.7 Å². The number of carbonyl (C=O) groups is 2. The van der Waals surface area contributed by atoms with Gasteiger partial charge in [-0.2, -0.15) is 0 Å². The lowest BCUT2D eigenvalue weighted by atomic mass is 10.00. The van der Waals surface area contributed by atoms with Crippen LogP contribution in [0.4, 0.5) is 0 Å². The van der Waals surface area contributed by atoms with Crippen LogP contribution in [-0.2, 0) is 6.42 Å². The summed E-state index contributed by atoms with van der Waals surface area (Å²) >= 11 is 0. The molecule has 0 spiro atoms. The van der Waals surface area contributed by atoms with Crippen LogP contribution in [0.25, 0.3) is 0 Å². The highest BCUT2D eigenvalue weighted by Gasteiger charge is 2.14. The zero-order chi connectivity index (χ0) is 17.0. The van der Waals surface area contributed by atoms with Crippen molar-refractivity contribution in [2.24, 2.45) is 5.92 Å². The van der Waals surface area contributed by atoms with Crippen molar-refractivity contribution in [1.82, 2.24) is 10.3 Å². The number of hydrogen-bond donors (Lipinski definition) is 2. The van der Waals surface area contributed by atoms with Crippen molar-refractivity contribution in [1.29, 1.82) is 0 Å². The number of Topliss-reactive ketones (excluding diaryl/α,β-unsaturated/α-hetero) is 1. The second-order valence-corrected chi connectivity index (χ2v) is 6.39. The molecule has 1 aromatic heterocycles. The minimum Gasteiger partial charge on any atom is -0.356 e. The van der Waals surface area contributed by atoms with E-state index in [-0.39, 0.29) is 17.7 Å². The van der Waals surface area contributed by atoms with Crippen LogP contribution in [-0.4, -0.2) is 16.7 Å². The van der Waals surface area contributed by atoms with Gasteiger partial charge in [0.05, 0.1) is 6.04 Å². The molecule has 4 heteroatoms. The van der Waals surface area contributed by atoms with Crippen LogP contribution in [0.5, 0.6) is 0 Å². The predicted octanol–water partition coefficient (Wildman–Crippen LogP) is 3.91. The van der Waals surface area contributed by atoms with Gasteiger partial charge in [0.2, 0.25) is 0 Å². The molecule has 4 nitrogen and oxygen atoms in total. The first-order valence-electron chi connectivity index (χ1n) is 7.96. The number of amides is 1. The summed E-state index contributed by atoms with van der Waals surface area (Å²) in [5, 5.41) is 2.94. The van der Waals surface area contributed by atoms with Crippen molar-refractivity contribution in [3.05, 3.63) is 58.9 Å². The molecule has 0 radical (unpaired) electrons. The third kappa shape index (κ3) is 4.55. The van der Waals surface area contributed by atoms with Crippen LogP contribution < -0.4 is 5.32 Å². The summed E-state index contributed by atoms with van der Waals surface area (Å²) in [5.74, 6) is 0.353. The van der Waals surface area contributed by atoms with Gasteiger partial charge in [-0.3, -0.25) is 9.59 Å². The fourth-order valence-corrected chi connectivity index (χ4v) is 2.50. The van der Waals surface area contributed by atoms with E-state index in [9.17, 15) is 9.59 Å². The molecule has 0 aliphatic rings. The van der Waals surface area contributed by atoms with Crippen LogP contribution in [0.15, 0.2) is 36.5 Å². The van der Waals surface area contributed by atoms with Gasteiger partial charge in [0, 0.05) is 11.8 Å². The normalized spacial score (nSPS) is 12.2. The van der Waals surface area contributed by atoms with E-state index < -0.39 is 0 Å². The Hall–Kier alpha value is -2.36. The molecule has 0 aliphatic heterocycles. The second kappa shape index (κ2) is 7.27. The molecule has 0 fully saturated rings. The highest BCUT2D eigenvalue weighted by Crippen LogP contribution is 2.16. The molecule has 0 saturated heterocycles. The van der Waals surface area contributed by atoms with Crippen molar-refractivity contribution in [2.45, 2.75) is 40.2 Å². The van der Waals surface area contributed by atoms with Crippen molar-refractivity contribution < 1.29 is 9.59 Å². The smallest absolute Gasteiger partial charge is 0.268 e. The van der Waals surface area contributed by atoms with Gasteiger partial charge in [0.1, 0.15) is 5.69 Å². The number of carbonyl (C=O) groups excluding carboxylic acids is 2. The average molecular weight is 312 g/mol. The van der Waals surface area contributed by atoms with Gasteiger partial charge >= 0.3 is 0 Å². The van der Waals surface area contributed by atoms with E-state index in [1.807, 2.05) is 6.92 Å². The number of nitrogens with one attached hydrogen (secondary N) is 2. The quantitative estimate of drug-likeness (QED) is 0.794. The van der Waals surface area contributed by atoms with Gasteiger partial charge in [-0.15, -0.1) is 0 Å². The van der Waals surface area contributed by atoms with E-state index in [0.29, 0.717) is 17.2 Å². The first-order valence-corrected chi connectivity index (χ1v) is 7.96. The zero-order valence-corrected chi connectivity index (χ0v) is 14.1. The molecule has 1 aromatic carbocycles. The van der Waals surface area contributed by atoms with Crippen molar-refractivity contribution in [2.75, 3.05) is 0 Å². The Morgan fingerprint density at radius 2 is 1.78 bits per heavy atom. The Balaban J connectivity index is 2.01. The largest absolute Gasteiger partial charge is 0.356 e. The SMILES string of the molecule is CC(=O)c1c[nH]c(C(=O)N[C@@H](C)c2ccc(CC(C)C)cc2)c1. The van der Waals surface area contributed by atoms with Crippen molar-refractivity contribution in [3.8, 4) is 0 Å². The summed E-state index contributed by atoms with van der Waals surface area (Å²) in [6.07, 6.45) is 2.61. The zero-order valence-electron chi connectivity index (χ0n) is 14.1. The van der Waals surface area contributed by atoms with Gasteiger partial charge in [-0.05, 0) is 43.4 Å². The van der Waals surface area contributed by atoms with Crippen LogP contribution in [0.2, 0.25) is 0 Å². The molecule has 0 aliphatic carbocycles. The van der Waals surface area contributed by atoms with E-state index in [1.54, 1.807) is 12.3 Å². The van der Waals surface area contributed by atoms with Crippen molar-refractivity contribution in [3.63, 3.8) is 0 Å². The van der Waals surface area contributed by atoms with E-state index in [2.05, 4.69) is 48.4 Å². The summed E-state index contributed by atoms with van der Waals surface area (Å²) < 4.78 is 0. The fourth-order valence-electron chi connectivity index (χ4n) is 2.50. The lowest BCUT2D eigenvalue weighted by Crippen LogP contribution is -2.26. The molecule has 1 amide bonds. The lowest BCUT2D eigenvalue weighted by molar-refractivity contribution is 0.0935. The Morgan fingerprint density at radius 3 is 2.30 bits per heavy atom. The number of H-pyrrole nitrogens is 1. The van der Waals surface area contributed by atoms with E-state index in [4.69, 9.17) is 0 Å². The second-order valence-electron chi connectivity index (χ2n) is 6.39. The standard InChI is InChI=1S/C19H24N2O2/c1-12(2)9-15-5-7-16(8-6-15)13(3)21-19(23)18-10-17(11-20-18)14(4)22/h5-8,10-13,20H,9H2,1-4H3,(H,21,23)/t13-/m0/s1. The maximum atomic E-state index is 12.2. The van der Waals surface area contributed by atoms with Crippen LogP contribution in [0, 0.1) is 5.92 Å². The summed E-state index contributed by atoms with van der Waals surface area (Å²) in [6.45, 7) is 7.82. The number of aromatic amines is 1. The first-order chi connectivity index (χ1) is 10.9. The predicted molar refractivity (Wildman–Crippen MR) is 91.7 cm³/mol. The molecule has 0 saturated carbocycles. The molecule has 1 atom stereocenters. The third-order valence-corrected chi connectivity index (χ3v) is 3.81. The minimum absolute atomic E-state index is 0.0610. The number of hydrogen-bond acceptors (Lipinski definition) is 2. The number of rotatable bonds is 6. The Kier molecular flexibility index (Phi) is 5.37. The van der Waals surface area contributed by atoms with E-state index in [0.717, 1.165) is 12.0 Å². The topological polar surface area (TPSA) is 62.0 Å². The monoisotopic (exact) mass is 312 g/mol. The summed E-state index contributed by atoms with van der Waals surface area (Å²) in [6, 6.07) is 9.81. The molecule has 0 unspecified atom stereocenters. The van der Waals surface area contributed by atoms with Gasteiger partial charge in [0.25, 0.3) is 5.91 Å². The first kappa shape index (κ1) is 17.0. The third-order valence-electron chi connectivity index (χ3n) is 3.81. The van der Waals surface area contributed by atoms with E-state index in [1.165, 1.54) is 12.5 Å². The summed E-state index contributed by atoms with van der Waals surface area (Å²) in [5.41, 5.74) is 3.28. The van der Waals surface area contributed by atoms with Gasteiger partial charge in [0.15, 0.2) is 5.78 Å². The molecule has 2 aromatic rings. The van der Waals surface area contributed by atoms with Gasteiger partial charge in [-0.1, -0.05) is 38.1 Å². The van der Waals surface area contributed by atoms with Gasteiger partial charge < -0.3 is 10.3 Å².